The first-order valence-electron chi connectivity index (χ1n) is 3.45. The van der Waals surface area contributed by atoms with E-state index in [0.29, 0.717) is 5.69 Å². The van der Waals surface area contributed by atoms with Crippen LogP contribution in [0.4, 0.5) is 0 Å². The normalized spacial score (nSPS) is 13.4. The van der Waals surface area contributed by atoms with Gasteiger partial charge in [0.2, 0.25) is 0 Å². The van der Waals surface area contributed by atoms with Gasteiger partial charge < -0.3 is 9.66 Å². The van der Waals surface area contributed by atoms with Crippen molar-refractivity contribution in [3.63, 3.8) is 0 Å². The van der Waals surface area contributed by atoms with Gasteiger partial charge in [0.1, 0.15) is 10.1 Å². The van der Waals surface area contributed by atoms with Crippen LogP contribution in [0.15, 0.2) is 6.20 Å². The molecule has 1 rings (SSSR count). The van der Waals surface area contributed by atoms with Crippen molar-refractivity contribution >= 4 is 10.1 Å². The van der Waals surface area contributed by atoms with Crippen molar-refractivity contribution < 1.29 is 47.6 Å². The van der Waals surface area contributed by atoms with Gasteiger partial charge in [-0.25, -0.2) is 8.42 Å². The fourth-order valence-corrected chi connectivity index (χ4v) is 1.46. The van der Waals surface area contributed by atoms with E-state index in [-0.39, 0.29) is 35.1 Å². The van der Waals surface area contributed by atoms with Crippen molar-refractivity contribution in [2.45, 2.75) is 12.4 Å². The number of aromatic nitrogens is 2. The fourth-order valence-electron chi connectivity index (χ4n) is 0.914. The fraction of sp³-hybridized carbons (Fsp3) is 0.500. The van der Waals surface area contributed by atoms with Crippen LogP contribution < -0.4 is 29.6 Å². The molecule has 8 heteroatoms. The summed E-state index contributed by atoms with van der Waals surface area (Å²) in [6.45, 7) is 1.57. The van der Waals surface area contributed by atoms with Crippen molar-refractivity contribution in [2.24, 2.45) is 7.05 Å². The smallest absolute Gasteiger partial charge is 0.746 e. The molecule has 0 spiro atoms. The maximum absolute atomic E-state index is 10.5. The molecule has 6 nitrogen and oxygen atoms in total. The van der Waals surface area contributed by atoms with E-state index in [2.05, 4.69) is 5.10 Å². The molecule has 1 unspecified atom stereocenters. The van der Waals surface area contributed by atoms with Gasteiger partial charge in [0.05, 0.1) is 6.20 Å². The zero-order valence-electron chi connectivity index (χ0n) is 8.13. The summed E-state index contributed by atoms with van der Waals surface area (Å²) >= 11 is 0. The van der Waals surface area contributed by atoms with E-state index in [1.807, 2.05) is 0 Å². The molecule has 0 amide bonds. The third-order valence-corrected chi connectivity index (χ3v) is 2.61. The SMILES string of the molecule is Cc1c(C(O)S(=O)(=O)[O-])cnn1C.[Na+]. The van der Waals surface area contributed by atoms with Crippen LogP contribution in [0, 0.1) is 6.92 Å². The Hall–Kier alpha value is 0.0800. The summed E-state index contributed by atoms with van der Waals surface area (Å²) in [5, 5.41) is 12.8. The Morgan fingerprint density at radius 2 is 2.14 bits per heavy atom. The molecule has 1 heterocycles. The maximum Gasteiger partial charge on any atom is 1.00 e. The Balaban J connectivity index is 0.00000169. The van der Waals surface area contributed by atoms with E-state index >= 15 is 0 Å². The zero-order valence-corrected chi connectivity index (χ0v) is 10.9. The number of aliphatic hydroxyl groups is 1. The molecule has 74 valence electrons. The van der Waals surface area contributed by atoms with Gasteiger partial charge in [-0.3, -0.25) is 4.68 Å². The molecule has 14 heavy (non-hydrogen) atoms. The van der Waals surface area contributed by atoms with E-state index in [1.54, 1.807) is 14.0 Å². The van der Waals surface area contributed by atoms with Gasteiger partial charge in [-0.2, -0.15) is 5.10 Å². The third-order valence-electron chi connectivity index (χ3n) is 1.81. The Morgan fingerprint density at radius 1 is 1.64 bits per heavy atom. The molecule has 0 aliphatic carbocycles. The van der Waals surface area contributed by atoms with Crippen LogP contribution >= 0.6 is 0 Å². The second-order valence-corrected chi connectivity index (χ2v) is 4.09. The van der Waals surface area contributed by atoms with Crippen molar-refractivity contribution in [1.29, 1.82) is 0 Å². The van der Waals surface area contributed by atoms with E-state index in [9.17, 15) is 13.0 Å². The second kappa shape index (κ2) is 4.73. The van der Waals surface area contributed by atoms with Crippen LogP contribution in [0.2, 0.25) is 0 Å². The number of hydrogen-bond acceptors (Lipinski definition) is 5. The Labute approximate surface area is 104 Å². The van der Waals surface area contributed by atoms with Gasteiger partial charge in [0.25, 0.3) is 0 Å². The van der Waals surface area contributed by atoms with Crippen LogP contribution in [0.1, 0.15) is 16.7 Å². The van der Waals surface area contributed by atoms with Crippen molar-refractivity contribution in [1.82, 2.24) is 9.78 Å². The van der Waals surface area contributed by atoms with E-state index in [0.717, 1.165) is 6.20 Å². The molecule has 0 saturated carbocycles. The van der Waals surface area contributed by atoms with Gasteiger partial charge in [-0.05, 0) is 6.92 Å². The summed E-state index contributed by atoms with van der Waals surface area (Å²) in [6.07, 6.45) is 1.16. The minimum Gasteiger partial charge on any atom is -0.746 e. The minimum atomic E-state index is -4.71. The maximum atomic E-state index is 10.5. The molecule has 1 N–H and O–H groups in total. The largest absolute Gasteiger partial charge is 1.00 e. The predicted molar refractivity (Wildman–Crippen MR) is 42.6 cm³/mol. The van der Waals surface area contributed by atoms with Gasteiger partial charge in [-0.15, -0.1) is 0 Å². The van der Waals surface area contributed by atoms with Gasteiger partial charge >= 0.3 is 29.6 Å². The Bertz CT molecular complexity index is 413. The van der Waals surface area contributed by atoms with Crippen LogP contribution in [0.3, 0.4) is 0 Å². The summed E-state index contributed by atoms with van der Waals surface area (Å²) < 4.78 is 32.7. The first kappa shape index (κ1) is 14.1. The van der Waals surface area contributed by atoms with E-state index in [4.69, 9.17) is 5.11 Å². The topological polar surface area (TPSA) is 95.2 Å². The average molecular weight is 228 g/mol. The van der Waals surface area contributed by atoms with Gasteiger partial charge in [-0.1, -0.05) is 0 Å². The van der Waals surface area contributed by atoms with Crippen molar-refractivity contribution in [3.8, 4) is 0 Å². The molecule has 0 fully saturated rings. The molecule has 1 aromatic rings. The number of hydrogen-bond donors (Lipinski definition) is 1. The zero-order chi connectivity index (χ0) is 10.2. The first-order valence-corrected chi connectivity index (χ1v) is 4.92. The minimum absolute atomic E-state index is 0. The standard InChI is InChI=1S/C6H10N2O4S.Na/c1-4-5(3-7-8(4)2)6(9)13(10,11)12;/h3,6,9H,1-2H3,(H,10,11,12);/q;+1/p-1. The summed E-state index contributed by atoms with van der Waals surface area (Å²) in [7, 11) is -3.13. The van der Waals surface area contributed by atoms with Crippen LogP contribution in [-0.2, 0) is 17.2 Å². The number of rotatable bonds is 2. The van der Waals surface area contributed by atoms with E-state index < -0.39 is 15.6 Å². The first-order chi connectivity index (χ1) is 5.84. The monoisotopic (exact) mass is 228 g/mol. The molecule has 0 radical (unpaired) electrons. The van der Waals surface area contributed by atoms with Crippen LogP contribution in [0.25, 0.3) is 0 Å². The number of nitrogens with zero attached hydrogens (tertiary/aromatic N) is 2. The van der Waals surface area contributed by atoms with Crippen LogP contribution in [-0.4, -0.2) is 27.9 Å². The molecule has 0 saturated heterocycles. The molecular weight excluding hydrogens is 219 g/mol. The summed E-state index contributed by atoms with van der Waals surface area (Å²) in [5.74, 6) is 0. The molecular formula is C6H9N2NaO4S. The van der Waals surface area contributed by atoms with E-state index in [1.165, 1.54) is 4.68 Å². The second-order valence-electron chi connectivity index (χ2n) is 2.65. The molecule has 0 bridgehead atoms. The van der Waals surface area contributed by atoms with Gasteiger partial charge in [0, 0.05) is 18.3 Å². The molecule has 1 aromatic heterocycles. The van der Waals surface area contributed by atoms with Crippen molar-refractivity contribution in [2.75, 3.05) is 0 Å². The third kappa shape index (κ3) is 2.78. The van der Waals surface area contributed by atoms with Crippen molar-refractivity contribution in [3.05, 3.63) is 17.5 Å². The number of aryl methyl sites for hydroxylation is 1. The average Bonchev–Trinajstić information content (AvgIpc) is 2.30. The molecule has 1 atom stereocenters. The summed E-state index contributed by atoms with van der Waals surface area (Å²) in [5.41, 5.74) is -1.55. The molecule has 0 aliphatic heterocycles. The summed E-state index contributed by atoms with van der Waals surface area (Å²) in [6, 6.07) is 0. The molecule has 0 aromatic carbocycles. The van der Waals surface area contributed by atoms with Gasteiger partial charge in [0.15, 0.2) is 5.44 Å². The van der Waals surface area contributed by atoms with Crippen LogP contribution in [0.5, 0.6) is 0 Å². The Kier molecular flexibility index (Phi) is 4.76. The Morgan fingerprint density at radius 3 is 2.43 bits per heavy atom. The number of aliphatic hydroxyl groups excluding tert-OH is 1. The molecule has 0 aliphatic rings. The predicted octanol–water partition coefficient (Wildman–Crippen LogP) is -3.73. The summed E-state index contributed by atoms with van der Waals surface area (Å²) in [4.78, 5) is 0. The quantitative estimate of drug-likeness (QED) is 0.415.